The highest BCUT2D eigenvalue weighted by molar-refractivity contribution is 5.75. The third-order valence-electron chi connectivity index (χ3n) is 1.70. The molecule has 86 valence electrons. The predicted molar refractivity (Wildman–Crippen MR) is 60.7 cm³/mol. The van der Waals surface area contributed by atoms with Crippen LogP contribution >= 0.6 is 0 Å². The summed E-state index contributed by atoms with van der Waals surface area (Å²) in [5.41, 5.74) is 0.211. The second-order valence-corrected chi connectivity index (χ2v) is 4.45. The number of rotatable bonds is 2. The Balaban J connectivity index is 2.59. The van der Waals surface area contributed by atoms with Gasteiger partial charge >= 0.3 is 6.09 Å². The zero-order valence-corrected chi connectivity index (χ0v) is 9.61. The van der Waals surface area contributed by atoms with Crippen molar-refractivity contribution in [2.75, 3.05) is 0 Å². The highest BCUT2D eigenvalue weighted by Gasteiger charge is 2.14. The monoisotopic (exact) mass is 221 g/mol. The molecule has 0 aromatic heterocycles. The minimum absolute atomic E-state index is 0.334. The van der Waals surface area contributed by atoms with Crippen LogP contribution in [0, 0.1) is 0 Å². The molecule has 0 aliphatic heterocycles. The molecule has 0 spiro atoms. The van der Waals surface area contributed by atoms with E-state index in [0.717, 1.165) is 6.29 Å². The summed E-state index contributed by atoms with van der Waals surface area (Å²) in [4.78, 5) is 21.8. The SMILES string of the molecule is CC(C)(C)NC(=O)Oc1ccc(C=O)cc1. The number of aldehydes is 1. The van der Waals surface area contributed by atoms with Crippen LogP contribution in [0.2, 0.25) is 0 Å². The van der Waals surface area contributed by atoms with Crippen molar-refractivity contribution in [1.29, 1.82) is 0 Å². The van der Waals surface area contributed by atoms with Crippen molar-refractivity contribution >= 4 is 12.4 Å². The van der Waals surface area contributed by atoms with E-state index in [2.05, 4.69) is 5.32 Å². The van der Waals surface area contributed by atoms with E-state index in [-0.39, 0.29) is 5.54 Å². The van der Waals surface area contributed by atoms with E-state index in [4.69, 9.17) is 4.74 Å². The van der Waals surface area contributed by atoms with Gasteiger partial charge in [-0.05, 0) is 45.0 Å². The average Bonchev–Trinajstić information content (AvgIpc) is 2.16. The second-order valence-electron chi connectivity index (χ2n) is 4.45. The number of nitrogens with one attached hydrogen (secondary N) is 1. The fourth-order valence-electron chi connectivity index (χ4n) is 1.05. The maximum atomic E-state index is 11.4. The van der Waals surface area contributed by atoms with Crippen LogP contribution in [0.4, 0.5) is 4.79 Å². The van der Waals surface area contributed by atoms with Gasteiger partial charge in [-0.3, -0.25) is 4.79 Å². The van der Waals surface area contributed by atoms with Gasteiger partial charge in [-0.25, -0.2) is 4.79 Å². The Morgan fingerprint density at radius 1 is 1.25 bits per heavy atom. The lowest BCUT2D eigenvalue weighted by molar-refractivity contribution is 0.112. The fraction of sp³-hybridized carbons (Fsp3) is 0.333. The summed E-state index contributed by atoms with van der Waals surface area (Å²) < 4.78 is 5.02. The molecule has 0 aliphatic rings. The lowest BCUT2D eigenvalue weighted by Crippen LogP contribution is -2.42. The van der Waals surface area contributed by atoms with Crippen LogP contribution in [0.3, 0.4) is 0 Å². The fourth-order valence-corrected chi connectivity index (χ4v) is 1.05. The first-order valence-electron chi connectivity index (χ1n) is 4.96. The van der Waals surface area contributed by atoms with Crippen LogP contribution in [0.1, 0.15) is 31.1 Å². The summed E-state index contributed by atoms with van der Waals surface area (Å²) in [6.07, 6.45) is 0.227. The Morgan fingerprint density at radius 3 is 2.25 bits per heavy atom. The zero-order valence-electron chi connectivity index (χ0n) is 9.61. The first-order valence-corrected chi connectivity index (χ1v) is 4.96. The zero-order chi connectivity index (χ0) is 12.2. The molecule has 0 bridgehead atoms. The van der Waals surface area contributed by atoms with E-state index in [1.165, 1.54) is 0 Å². The first kappa shape index (κ1) is 12.2. The molecule has 0 unspecified atom stereocenters. The number of hydrogen-bond acceptors (Lipinski definition) is 3. The minimum atomic E-state index is -0.508. The van der Waals surface area contributed by atoms with Crippen LogP contribution < -0.4 is 10.1 Å². The molecular formula is C12H15NO3. The number of carbonyl (C=O) groups is 2. The summed E-state index contributed by atoms with van der Waals surface area (Å²) >= 11 is 0. The van der Waals surface area contributed by atoms with Gasteiger partial charge in [-0.1, -0.05) is 0 Å². The molecule has 16 heavy (non-hydrogen) atoms. The summed E-state index contributed by atoms with van der Waals surface area (Å²) in [6, 6.07) is 6.33. The largest absolute Gasteiger partial charge is 0.413 e. The summed E-state index contributed by atoms with van der Waals surface area (Å²) in [5, 5.41) is 2.67. The summed E-state index contributed by atoms with van der Waals surface area (Å²) in [7, 11) is 0. The molecule has 0 atom stereocenters. The van der Waals surface area contributed by atoms with Gasteiger partial charge < -0.3 is 10.1 Å². The van der Waals surface area contributed by atoms with Crippen molar-refractivity contribution in [2.45, 2.75) is 26.3 Å². The molecule has 0 fully saturated rings. The van der Waals surface area contributed by atoms with Crippen molar-refractivity contribution in [1.82, 2.24) is 5.32 Å². The number of benzene rings is 1. The topological polar surface area (TPSA) is 55.4 Å². The lowest BCUT2D eigenvalue weighted by Gasteiger charge is -2.19. The van der Waals surface area contributed by atoms with Gasteiger partial charge in [0.2, 0.25) is 0 Å². The summed E-state index contributed by atoms with van der Waals surface area (Å²) in [5.74, 6) is 0.410. The van der Waals surface area contributed by atoms with Crippen LogP contribution in [0.5, 0.6) is 5.75 Å². The van der Waals surface area contributed by atoms with Crippen molar-refractivity contribution in [3.05, 3.63) is 29.8 Å². The molecule has 1 amide bonds. The summed E-state index contributed by atoms with van der Waals surface area (Å²) in [6.45, 7) is 5.59. The van der Waals surface area contributed by atoms with Crippen molar-refractivity contribution in [2.24, 2.45) is 0 Å². The molecule has 0 aliphatic carbocycles. The predicted octanol–water partition coefficient (Wildman–Crippen LogP) is 2.39. The number of amides is 1. The Morgan fingerprint density at radius 2 is 1.81 bits per heavy atom. The molecule has 4 heteroatoms. The quantitative estimate of drug-likeness (QED) is 0.780. The maximum Gasteiger partial charge on any atom is 0.413 e. The van der Waals surface area contributed by atoms with Gasteiger partial charge in [0.05, 0.1) is 0 Å². The van der Waals surface area contributed by atoms with E-state index in [9.17, 15) is 9.59 Å². The van der Waals surface area contributed by atoms with E-state index in [1.807, 2.05) is 20.8 Å². The molecule has 0 saturated heterocycles. The Bertz CT molecular complexity index is 376. The van der Waals surface area contributed by atoms with Crippen LogP contribution in [-0.4, -0.2) is 17.9 Å². The normalized spacial score (nSPS) is 10.7. The third kappa shape index (κ3) is 4.13. The molecule has 0 radical (unpaired) electrons. The van der Waals surface area contributed by atoms with Gasteiger partial charge in [0.1, 0.15) is 12.0 Å². The molecule has 1 N–H and O–H groups in total. The van der Waals surface area contributed by atoms with Gasteiger partial charge in [-0.2, -0.15) is 0 Å². The molecule has 0 saturated carbocycles. The lowest BCUT2D eigenvalue weighted by atomic mass is 10.1. The number of hydrogen-bond donors (Lipinski definition) is 1. The maximum absolute atomic E-state index is 11.4. The van der Waals surface area contributed by atoms with E-state index >= 15 is 0 Å². The number of ether oxygens (including phenoxy) is 1. The van der Waals surface area contributed by atoms with Crippen molar-refractivity contribution < 1.29 is 14.3 Å². The average molecular weight is 221 g/mol. The highest BCUT2D eigenvalue weighted by Crippen LogP contribution is 2.11. The Labute approximate surface area is 94.6 Å². The molecule has 1 aromatic rings. The van der Waals surface area contributed by atoms with E-state index < -0.39 is 6.09 Å². The second kappa shape index (κ2) is 4.79. The molecular weight excluding hydrogens is 206 g/mol. The van der Waals surface area contributed by atoms with Gasteiger partial charge in [0, 0.05) is 11.1 Å². The Kier molecular flexibility index (Phi) is 3.66. The standard InChI is InChI=1S/C12H15NO3/c1-12(2,3)13-11(15)16-10-6-4-9(8-14)5-7-10/h4-8H,1-3H3,(H,13,15). The van der Waals surface area contributed by atoms with E-state index in [0.29, 0.717) is 11.3 Å². The van der Waals surface area contributed by atoms with Crippen molar-refractivity contribution in [3.63, 3.8) is 0 Å². The van der Waals surface area contributed by atoms with E-state index in [1.54, 1.807) is 24.3 Å². The van der Waals surface area contributed by atoms with Gasteiger partial charge in [-0.15, -0.1) is 0 Å². The minimum Gasteiger partial charge on any atom is -0.410 e. The Hall–Kier alpha value is -1.84. The molecule has 4 nitrogen and oxygen atoms in total. The smallest absolute Gasteiger partial charge is 0.410 e. The van der Waals surface area contributed by atoms with Crippen molar-refractivity contribution in [3.8, 4) is 5.75 Å². The van der Waals surface area contributed by atoms with Gasteiger partial charge in [0.15, 0.2) is 0 Å². The van der Waals surface area contributed by atoms with Crippen LogP contribution in [0.15, 0.2) is 24.3 Å². The highest BCUT2D eigenvalue weighted by atomic mass is 16.6. The van der Waals surface area contributed by atoms with Crippen LogP contribution in [0.25, 0.3) is 0 Å². The number of carbonyl (C=O) groups excluding carboxylic acids is 2. The molecule has 0 heterocycles. The molecule has 1 aromatic carbocycles. The third-order valence-corrected chi connectivity index (χ3v) is 1.70. The van der Waals surface area contributed by atoms with Gasteiger partial charge in [0.25, 0.3) is 0 Å². The first-order chi connectivity index (χ1) is 7.40. The van der Waals surface area contributed by atoms with Crippen LogP contribution in [-0.2, 0) is 0 Å². The molecule has 1 rings (SSSR count).